The van der Waals surface area contributed by atoms with Crippen molar-refractivity contribution >= 4 is 5.69 Å². The Balaban J connectivity index is 1.61. The molecule has 3 rings (SSSR count). The number of halogens is 1. The van der Waals surface area contributed by atoms with E-state index in [1.54, 1.807) is 12.3 Å². The van der Waals surface area contributed by atoms with Crippen molar-refractivity contribution in [3.05, 3.63) is 59.7 Å². The van der Waals surface area contributed by atoms with E-state index in [4.69, 9.17) is 4.74 Å². The van der Waals surface area contributed by atoms with Gasteiger partial charge in [-0.25, -0.2) is 4.39 Å². The summed E-state index contributed by atoms with van der Waals surface area (Å²) in [5.74, 6) is -0.171. The first-order valence-corrected chi connectivity index (χ1v) is 7.55. The SMILES string of the molecule is Fc1ccc(CNCc2ccccn2)cc1N1CCOCC1. The van der Waals surface area contributed by atoms with E-state index >= 15 is 0 Å². The molecule has 1 fully saturated rings. The molecule has 0 aliphatic carbocycles. The lowest BCUT2D eigenvalue weighted by Crippen LogP contribution is -2.36. The summed E-state index contributed by atoms with van der Waals surface area (Å²) < 4.78 is 19.4. The molecule has 0 bridgehead atoms. The fraction of sp³-hybridized carbons (Fsp3) is 0.353. The molecule has 2 heterocycles. The van der Waals surface area contributed by atoms with Crippen LogP contribution in [0.15, 0.2) is 42.6 Å². The normalized spacial score (nSPS) is 15.0. The highest BCUT2D eigenvalue weighted by molar-refractivity contribution is 5.50. The fourth-order valence-corrected chi connectivity index (χ4v) is 2.55. The number of rotatable bonds is 5. The number of morpholine rings is 1. The maximum Gasteiger partial charge on any atom is 0.146 e. The highest BCUT2D eigenvalue weighted by Crippen LogP contribution is 2.22. The van der Waals surface area contributed by atoms with E-state index in [-0.39, 0.29) is 5.82 Å². The average molecular weight is 301 g/mol. The van der Waals surface area contributed by atoms with Gasteiger partial charge in [-0.05, 0) is 29.8 Å². The van der Waals surface area contributed by atoms with Crippen LogP contribution >= 0.6 is 0 Å². The zero-order valence-corrected chi connectivity index (χ0v) is 12.5. The molecule has 0 spiro atoms. The first kappa shape index (κ1) is 14.9. The molecule has 1 N–H and O–H groups in total. The summed E-state index contributed by atoms with van der Waals surface area (Å²) in [7, 11) is 0. The Hall–Kier alpha value is -1.98. The van der Waals surface area contributed by atoms with Crippen molar-refractivity contribution in [2.45, 2.75) is 13.1 Å². The number of nitrogens with zero attached hydrogens (tertiary/aromatic N) is 2. The molecule has 4 nitrogen and oxygen atoms in total. The van der Waals surface area contributed by atoms with Crippen molar-refractivity contribution in [2.24, 2.45) is 0 Å². The van der Waals surface area contributed by atoms with Gasteiger partial charge in [-0.3, -0.25) is 4.98 Å². The van der Waals surface area contributed by atoms with E-state index in [0.29, 0.717) is 32.0 Å². The number of benzene rings is 1. The van der Waals surface area contributed by atoms with Gasteiger partial charge in [0, 0.05) is 32.4 Å². The molecule has 0 radical (unpaired) electrons. The van der Waals surface area contributed by atoms with Crippen LogP contribution in [0.3, 0.4) is 0 Å². The number of anilines is 1. The van der Waals surface area contributed by atoms with Gasteiger partial charge in [-0.1, -0.05) is 12.1 Å². The third-order valence-corrected chi connectivity index (χ3v) is 3.72. The number of pyridine rings is 1. The Morgan fingerprint density at radius 2 is 2.00 bits per heavy atom. The van der Waals surface area contributed by atoms with Gasteiger partial charge in [-0.15, -0.1) is 0 Å². The summed E-state index contributed by atoms with van der Waals surface area (Å²) in [4.78, 5) is 6.31. The van der Waals surface area contributed by atoms with Crippen LogP contribution in [0.2, 0.25) is 0 Å². The molecule has 1 aliphatic heterocycles. The highest BCUT2D eigenvalue weighted by atomic mass is 19.1. The Morgan fingerprint density at radius 3 is 2.77 bits per heavy atom. The van der Waals surface area contributed by atoms with Gasteiger partial charge >= 0.3 is 0 Å². The van der Waals surface area contributed by atoms with Crippen LogP contribution < -0.4 is 10.2 Å². The minimum atomic E-state index is -0.171. The molecule has 0 amide bonds. The van der Waals surface area contributed by atoms with Crippen LogP contribution in [-0.2, 0) is 17.8 Å². The summed E-state index contributed by atoms with van der Waals surface area (Å²) in [6, 6.07) is 11.1. The van der Waals surface area contributed by atoms with Gasteiger partial charge in [0.25, 0.3) is 0 Å². The molecule has 22 heavy (non-hydrogen) atoms. The molecular formula is C17H20FN3O. The standard InChI is InChI=1S/C17H20FN3O/c18-16-5-4-14(11-17(16)21-7-9-22-10-8-21)12-19-13-15-3-1-2-6-20-15/h1-6,11,19H,7-10,12-13H2. The topological polar surface area (TPSA) is 37.4 Å². The summed E-state index contributed by atoms with van der Waals surface area (Å²) in [5.41, 5.74) is 2.73. The van der Waals surface area contributed by atoms with Crippen LogP contribution in [0, 0.1) is 5.82 Å². The number of hydrogen-bond donors (Lipinski definition) is 1. The second kappa shape index (κ2) is 7.33. The maximum atomic E-state index is 14.0. The Morgan fingerprint density at radius 1 is 1.14 bits per heavy atom. The molecule has 2 aromatic rings. The lowest BCUT2D eigenvalue weighted by Gasteiger charge is -2.29. The minimum Gasteiger partial charge on any atom is -0.378 e. The van der Waals surface area contributed by atoms with Crippen molar-refractivity contribution in [2.75, 3.05) is 31.2 Å². The maximum absolute atomic E-state index is 14.0. The van der Waals surface area contributed by atoms with Crippen LogP contribution in [0.5, 0.6) is 0 Å². The molecule has 1 aliphatic rings. The minimum absolute atomic E-state index is 0.171. The van der Waals surface area contributed by atoms with E-state index in [2.05, 4.69) is 10.3 Å². The van der Waals surface area contributed by atoms with Crippen molar-refractivity contribution < 1.29 is 9.13 Å². The van der Waals surface area contributed by atoms with Gasteiger partial charge in [0.15, 0.2) is 0 Å². The van der Waals surface area contributed by atoms with Crippen LogP contribution in [-0.4, -0.2) is 31.3 Å². The van der Waals surface area contributed by atoms with Gasteiger partial charge in [0.05, 0.1) is 24.6 Å². The van der Waals surface area contributed by atoms with Crippen LogP contribution in [0.25, 0.3) is 0 Å². The largest absolute Gasteiger partial charge is 0.378 e. The summed E-state index contributed by atoms with van der Waals surface area (Å²) in [6.07, 6.45) is 1.78. The Kier molecular flexibility index (Phi) is 4.98. The smallest absolute Gasteiger partial charge is 0.146 e. The average Bonchev–Trinajstić information content (AvgIpc) is 2.58. The lowest BCUT2D eigenvalue weighted by atomic mass is 10.1. The van der Waals surface area contributed by atoms with Crippen LogP contribution in [0.1, 0.15) is 11.3 Å². The second-order valence-electron chi connectivity index (χ2n) is 5.31. The molecule has 1 aromatic heterocycles. The number of nitrogens with one attached hydrogen (secondary N) is 1. The van der Waals surface area contributed by atoms with E-state index in [1.165, 1.54) is 0 Å². The lowest BCUT2D eigenvalue weighted by molar-refractivity contribution is 0.122. The van der Waals surface area contributed by atoms with Crippen molar-refractivity contribution in [1.82, 2.24) is 10.3 Å². The van der Waals surface area contributed by atoms with Gasteiger partial charge in [-0.2, -0.15) is 0 Å². The fourth-order valence-electron chi connectivity index (χ4n) is 2.55. The zero-order valence-electron chi connectivity index (χ0n) is 12.5. The van der Waals surface area contributed by atoms with E-state index in [0.717, 1.165) is 24.3 Å². The van der Waals surface area contributed by atoms with Crippen molar-refractivity contribution in [3.8, 4) is 0 Å². The highest BCUT2D eigenvalue weighted by Gasteiger charge is 2.15. The zero-order chi connectivity index (χ0) is 15.2. The molecule has 0 unspecified atom stereocenters. The molecule has 0 atom stereocenters. The summed E-state index contributed by atoms with van der Waals surface area (Å²) >= 11 is 0. The van der Waals surface area contributed by atoms with Gasteiger partial charge in [0.2, 0.25) is 0 Å². The third-order valence-electron chi connectivity index (χ3n) is 3.72. The summed E-state index contributed by atoms with van der Waals surface area (Å²) in [6.45, 7) is 4.17. The van der Waals surface area contributed by atoms with Gasteiger partial charge in [0.1, 0.15) is 5.82 Å². The molecule has 1 saturated heterocycles. The van der Waals surface area contributed by atoms with Crippen molar-refractivity contribution in [3.63, 3.8) is 0 Å². The molecule has 1 aromatic carbocycles. The summed E-state index contributed by atoms with van der Waals surface area (Å²) in [5, 5.41) is 3.34. The Labute approximate surface area is 129 Å². The second-order valence-corrected chi connectivity index (χ2v) is 5.31. The van der Waals surface area contributed by atoms with E-state index in [1.807, 2.05) is 35.2 Å². The molecule has 0 saturated carbocycles. The number of aromatic nitrogens is 1. The predicted octanol–water partition coefficient (Wildman–Crippen LogP) is 2.35. The van der Waals surface area contributed by atoms with Crippen LogP contribution in [0.4, 0.5) is 10.1 Å². The van der Waals surface area contributed by atoms with Crippen molar-refractivity contribution in [1.29, 1.82) is 0 Å². The number of hydrogen-bond acceptors (Lipinski definition) is 4. The Bertz CT molecular complexity index is 600. The number of ether oxygens (including phenoxy) is 1. The van der Waals surface area contributed by atoms with E-state index in [9.17, 15) is 4.39 Å². The molecule has 116 valence electrons. The molecule has 5 heteroatoms. The van der Waals surface area contributed by atoms with E-state index < -0.39 is 0 Å². The predicted molar refractivity (Wildman–Crippen MR) is 84.2 cm³/mol. The van der Waals surface area contributed by atoms with Gasteiger partial charge < -0.3 is 15.0 Å². The first-order valence-electron chi connectivity index (χ1n) is 7.55. The first-order chi connectivity index (χ1) is 10.8. The monoisotopic (exact) mass is 301 g/mol. The molecular weight excluding hydrogens is 281 g/mol. The third kappa shape index (κ3) is 3.81. The quantitative estimate of drug-likeness (QED) is 0.920.